The predicted octanol–water partition coefficient (Wildman–Crippen LogP) is 6.13. The zero-order valence-corrected chi connectivity index (χ0v) is 19.1. The summed E-state index contributed by atoms with van der Waals surface area (Å²) in [6.45, 7) is 0.644. The van der Waals surface area contributed by atoms with Crippen LogP contribution in [0.15, 0.2) is 113 Å². The fourth-order valence-electron chi connectivity index (χ4n) is 3.52. The van der Waals surface area contributed by atoms with Gasteiger partial charge in [-0.2, -0.15) is 0 Å². The van der Waals surface area contributed by atoms with E-state index < -0.39 is 0 Å². The Hall–Kier alpha value is -4.10. The molecule has 1 amide bonds. The molecule has 2 aromatic heterocycles. The summed E-state index contributed by atoms with van der Waals surface area (Å²) in [5.74, 6) is 1.95. The van der Waals surface area contributed by atoms with Gasteiger partial charge in [-0.1, -0.05) is 72.4 Å². The van der Waals surface area contributed by atoms with E-state index in [0.29, 0.717) is 29.4 Å². The van der Waals surface area contributed by atoms with E-state index in [4.69, 9.17) is 4.42 Å². The molecular weight excluding hydrogens is 444 g/mol. The molecule has 168 valence electrons. The molecule has 5 rings (SSSR count). The third-order valence-electron chi connectivity index (χ3n) is 5.26. The van der Waals surface area contributed by atoms with Crippen LogP contribution in [0.1, 0.15) is 21.5 Å². The molecule has 1 N–H and O–H groups in total. The maximum absolute atomic E-state index is 12.5. The Morgan fingerprint density at radius 2 is 1.56 bits per heavy atom. The van der Waals surface area contributed by atoms with Crippen molar-refractivity contribution >= 4 is 23.4 Å². The highest BCUT2D eigenvalue weighted by molar-refractivity contribution is 7.98. The van der Waals surface area contributed by atoms with Crippen molar-refractivity contribution in [3.05, 3.63) is 120 Å². The van der Waals surface area contributed by atoms with Crippen LogP contribution in [0.4, 0.5) is 5.69 Å². The number of hydrogen-bond donors (Lipinski definition) is 1. The van der Waals surface area contributed by atoms with Crippen LogP contribution in [-0.2, 0) is 12.3 Å². The molecule has 0 aliphatic carbocycles. The highest BCUT2D eigenvalue weighted by Crippen LogP contribution is 2.28. The normalized spacial score (nSPS) is 10.8. The fourth-order valence-corrected chi connectivity index (χ4v) is 4.41. The highest BCUT2D eigenvalue weighted by Gasteiger charge is 2.17. The average molecular weight is 467 g/mol. The molecule has 3 aromatic carbocycles. The van der Waals surface area contributed by atoms with Crippen molar-refractivity contribution in [3.8, 4) is 11.6 Å². The first-order valence-corrected chi connectivity index (χ1v) is 11.8. The van der Waals surface area contributed by atoms with Gasteiger partial charge in [0.05, 0.1) is 12.8 Å². The van der Waals surface area contributed by atoms with Gasteiger partial charge in [-0.25, -0.2) is 0 Å². The third-order valence-corrected chi connectivity index (χ3v) is 6.30. The van der Waals surface area contributed by atoms with Crippen molar-refractivity contribution in [1.82, 2.24) is 14.8 Å². The monoisotopic (exact) mass is 466 g/mol. The van der Waals surface area contributed by atoms with Gasteiger partial charge in [-0.05, 0) is 47.5 Å². The van der Waals surface area contributed by atoms with Crippen molar-refractivity contribution < 1.29 is 9.21 Å². The summed E-state index contributed by atoms with van der Waals surface area (Å²) in [6.07, 6.45) is 1.64. The Morgan fingerprint density at radius 1 is 0.824 bits per heavy atom. The second-order valence-corrected chi connectivity index (χ2v) is 8.60. The quantitative estimate of drug-likeness (QED) is 0.279. The molecule has 5 aromatic rings. The minimum atomic E-state index is -0.129. The van der Waals surface area contributed by atoms with Crippen LogP contribution < -0.4 is 5.32 Å². The Balaban J connectivity index is 1.29. The van der Waals surface area contributed by atoms with Crippen molar-refractivity contribution in [3.63, 3.8) is 0 Å². The fraction of sp³-hybridized carbons (Fsp3) is 0.0741. The number of nitrogens with one attached hydrogen (secondary N) is 1. The number of benzene rings is 3. The number of carbonyl (C=O) groups excluding carboxylic acids is 1. The lowest BCUT2D eigenvalue weighted by Crippen LogP contribution is -2.11. The lowest BCUT2D eigenvalue weighted by atomic mass is 10.1. The Bertz CT molecular complexity index is 1350. The first-order valence-electron chi connectivity index (χ1n) is 10.9. The zero-order chi connectivity index (χ0) is 23.2. The molecule has 0 saturated heterocycles. The SMILES string of the molecule is O=C(Nc1ccccc1)c1ccc(CSc2nnc(-c3ccco3)n2Cc2ccccc2)cc1. The van der Waals surface area contributed by atoms with Crippen molar-refractivity contribution in [2.75, 3.05) is 5.32 Å². The van der Waals surface area contributed by atoms with Gasteiger partial charge in [-0.15, -0.1) is 10.2 Å². The van der Waals surface area contributed by atoms with Gasteiger partial charge in [0, 0.05) is 17.0 Å². The maximum Gasteiger partial charge on any atom is 0.255 e. The number of rotatable bonds is 8. The largest absolute Gasteiger partial charge is 0.461 e. The van der Waals surface area contributed by atoms with E-state index in [1.54, 1.807) is 18.0 Å². The minimum Gasteiger partial charge on any atom is -0.461 e. The van der Waals surface area contributed by atoms with E-state index in [2.05, 4.69) is 32.2 Å². The number of amides is 1. The number of nitrogens with zero attached hydrogens (tertiary/aromatic N) is 3. The van der Waals surface area contributed by atoms with E-state index in [-0.39, 0.29) is 5.91 Å². The third kappa shape index (κ3) is 5.10. The second-order valence-electron chi connectivity index (χ2n) is 7.66. The molecule has 0 radical (unpaired) electrons. The van der Waals surface area contributed by atoms with Crippen LogP contribution in [0.25, 0.3) is 11.6 Å². The van der Waals surface area contributed by atoms with Gasteiger partial charge in [0.25, 0.3) is 5.91 Å². The van der Waals surface area contributed by atoms with E-state index in [0.717, 1.165) is 22.0 Å². The van der Waals surface area contributed by atoms with E-state index in [9.17, 15) is 4.79 Å². The molecule has 6 nitrogen and oxygen atoms in total. The molecule has 7 heteroatoms. The minimum absolute atomic E-state index is 0.129. The van der Waals surface area contributed by atoms with E-state index in [1.807, 2.05) is 84.9 Å². The second kappa shape index (κ2) is 10.2. The Labute approximate surface area is 201 Å². The average Bonchev–Trinajstić information content (AvgIpc) is 3.54. The van der Waals surface area contributed by atoms with Gasteiger partial charge >= 0.3 is 0 Å². The first kappa shape index (κ1) is 21.7. The van der Waals surface area contributed by atoms with E-state index >= 15 is 0 Å². The summed E-state index contributed by atoms with van der Waals surface area (Å²) in [5.41, 5.74) is 3.64. The molecule has 0 bridgehead atoms. The summed E-state index contributed by atoms with van der Waals surface area (Å²) in [6, 6.07) is 31.0. The van der Waals surface area contributed by atoms with Crippen LogP contribution in [0.2, 0.25) is 0 Å². The summed E-state index contributed by atoms with van der Waals surface area (Å²) < 4.78 is 7.65. The number of aromatic nitrogens is 3. The lowest BCUT2D eigenvalue weighted by molar-refractivity contribution is 0.102. The number of furan rings is 1. The van der Waals surface area contributed by atoms with Crippen molar-refractivity contribution in [1.29, 1.82) is 0 Å². The van der Waals surface area contributed by atoms with Crippen molar-refractivity contribution in [2.45, 2.75) is 17.5 Å². The topological polar surface area (TPSA) is 73.0 Å². The molecule has 0 unspecified atom stereocenters. The molecule has 0 spiro atoms. The van der Waals surface area contributed by atoms with Gasteiger partial charge in [0.15, 0.2) is 10.9 Å². The summed E-state index contributed by atoms with van der Waals surface area (Å²) in [4.78, 5) is 12.5. The molecule has 2 heterocycles. The molecule has 0 fully saturated rings. The molecule has 0 aliphatic heterocycles. The number of para-hydroxylation sites is 1. The molecule has 34 heavy (non-hydrogen) atoms. The number of anilines is 1. The number of thioether (sulfide) groups is 1. The van der Waals surface area contributed by atoms with Crippen molar-refractivity contribution in [2.24, 2.45) is 0 Å². The van der Waals surface area contributed by atoms with Gasteiger partial charge < -0.3 is 9.73 Å². The van der Waals surface area contributed by atoms with Crippen LogP contribution in [-0.4, -0.2) is 20.7 Å². The molecule has 0 aliphatic rings. The number of carbonyl (C=O) groups is 1. The van der Waals surface area contributed by atoms with E-state index in [1.165, 1.54) is 0 Å². The van der Waals surface area contributed by atoms with Crippen LogP contribution in [0.5, 0.6) is 0 Å². The van der Waals surface area contributed by atoms with Crippen LogP contribution in [0, 0.1) is 0 Å². The van der Waals surface area contributed by atoms with Gasteiger partial charge in [-0.3, -0.25) is 9.36 Å². The standard InChI is InChI=1S/C27H22N4O2S/c32-26(28-23-10-5-2-6-11-23)22-15-13-21(14-16-22)19-34-27-30-29-25(24-12-7-17-33-24)31(27)18-20-8-3-1-4-9-20/h1-17H,18-19H2,(H,28,32). The summed E-state index contributed by atoms with van der Waals surface area (Å²) in [5, 5.41) is 12.5. The Morgan fingerprint density at radius 3 is 2.26 bits per heavy atom. The summed E-state index contributed by atoms with van der Waals surface area (Å²) in [7, 11) is 0. The van der Waals surface area contributed by atoms with Gasteiger partial charge in [0.2, 0.25) is 5.82 Å². The molecule has 0 atom stereocenters. The summed E-state index contributed by atoms with van der Waals surface area (Å²) >= 11 is 1.60. The maximum atomic E-state index is 12.5. The lowest BCUT2D eigenvalue weighted by Gasteiger charge is -2.10. The Kier molecular flexibility index (Phi) is 6.54. The first-order chi connectivity index (χ1) is 16.8. The predicted molar refractivity (Wildman–Crippen MR) is 134 cm³/mol. The van der Waals surface area contributed by atoms with Crippen LogP contribution >= 0.6 is 11.8 Å². The van der Waals surface area contributed by atoms with Crippen LogP contribution in [0.3, 0.4) is 0 Å². The molecular formula is C27H22N4O2S. The van der Waals surface area contributed by atoms with Gasteiger partial charge in [0.1, 0.15) is 0 Å². The highest BCUT2D eigenvalue weighted by atomic mass is 32.2. The smallest absolute Gasteiger partial charge is 0.255 e. The number of hydrogen-bond acceptors (Lipinski definition) is 5. The molecule has 0 saturated carbocycles. The zero-order valence-electron chi connectivity index (χ0n) is 18.3.